The zero-order valence-corrected chi connectivity index (χ0v) is 17.2. The molecule has 1 amide bonds. The molecule has 0 aromatic heterocycles. The Bertz CT molecular complexity index is 599. The highest BCUT2D eigenvalue weighted by Crippen LogP contribution is 2.12. The minimum absolute atomic E-state index is 0.293. The molecule has 0 rings (SSSR count). The van der Waals surface area contributed by atoms with Gasteiger partial charge in [0.05, 0.1) is 0 Å². The third-order valence-corrected chi connectivity index (χ3v) is 3.94. The van der Waals surface area contributed by atoms with Crippen LogP contribution in [0.3, 0.4) is 0 Å². The lowest BCUT2D eigenvalue weighted by atomic mass is 10.1. The maximum Gasteiger partial charge on any atom is 0.328 e. The zero-order chi connectivity index (χ0) is 20.8. The standard InChI is InChI=1S/C19H30N2O5S/c1-13(7-5-10-18(23)24)11-14(2)26-19(25)17(21-15(3)22)9-6-8-16(12-27)20-4/h5,7,10,12,14,17,20,27H,6,8-9,11H2,1-4H3,(H,21,22)(H,23,24)/b10-5-,13-7+,16-12-/t14-,17+/m0/s1. The summed E-state index contributed by atoms with van der Waals surface area (Å²) in [6.45, 7) is 4.94. The van der Waals surface area contributed by atoms with Gasteiger partial charge in [0.15, 0.2) is 0 Å². The van der Waals surface area contributed by atoms with E-state index in [0.29, 0.717) is 25.7 Å². The summed E-state index contributed by atoms with van der Waals surface area (Å²) in [6, 6.07) is -0.709. The highest BCUT2D eigenvalue weighted by molar-refractivity contribution is 7.83. The van der Waals surface area contributed by atoms with Crippen LogP contribution in [0.2, 0.25) is 0 Å². The molecule has 0 radical (unpaired) electrons. The van der Waals surface area contributed by atoms with Gasteiger partial charge in [-0.2, -0.15) is 0 Å². The molecule has 0 heterocycles. The van der Waals surface area contributed by atoms with E-state index in [1.54, 1.807) is 25.5 Å². The number of amides is 1. The minimum atomic E-state index is -1.02. The molecule has 0 aromatic rings. The lowest BCUT2D eigenvalue weighted by Crippen LogP contribution is -2.41. The second kappa shape index (κ2) is 13.9. The van der Waals surface area contributed by atoms with Crippen LogP contribution >= 0.6 is 12.6 Å². The molecule has 152 valence electrons. The van der Waals surface area contributed by atoms with Crippen molar-refractivity contribution >= 4 is 30.5 Å². The summed E-state index contributed by atoms with van der Waals surface area (Å²) in [6.07, 6.45) is 6.03. The van der Waals surface area contributed by atoms with Gasteiger partial charge in [-0.15, -0.1) is 12.6 Å². The Balaban J connectivity index is 4.69. The number of carbonyl (C=O) groups is 3. The zero-order valence-electron chi connectivity index (χ0n) is 16.3. The van der Waals surface area contributed by atoms with Gasteiger partial charge in [0.1, 0.15) is 12.1 Å². The molecule has 8 heteroatoms. The van der Waals surface area contributed by atoms with Crippen molar-refractivity contribution in [2.75, 3.05) is 7.05 Å². The van der Waals surface area contributed by atoms with Crippen molar-refractivity contribution in [1.82, 2.24) is 10.6 Å². The van der Waals surface area contributed by atoms with Gasteiger partial charge in [-0.3, -0.25) is 4.79 Å². The number of hydrogen-bond donors (Lipinski definition) is 4. The average molecular weight is 399 g/mol. The minimum Gasteiger partial charge on any atom is -0.478 e. The molecule has 0 fully saturated rings. The Morgan fingerprint density at radius 1 is 1.26 bits per heavy atom. The van der Waals surface area contributed by atoms with Crippen LogP contribution < -0.4 is 10.6 Å². The fourth-order valence-corrected chi connectivity index (χ4v) is 2.64. The van der Waals surface area contributed by atoms with E-state index in [1.807, 2.05) is 6.92 Å². The first kappa shape index (κ1) is 24.8. The summed E-state index contributed by atoms with van der Waals surface area (Å²) < 4.78 is 5.44. The maximum absolute atomic E-state index is 12.4. The van der Waals surface area contributed by atoms with E-state index in [-0.39, 0.29) is 5.91 Å². The molecule has 0 bridgehead atoms. The van der Waals surface area contributed by atoms with Gasteiger partial charge in [0.25, 0.3) is 0 Å². The van der Waals surface area contributed by atoms with Crippen LogP contribution in [0.25, 0.3) is 0 Å². The van der Waals surface area contributed by atoms with Crippen LogP contribution in [0.4, 0.5) is 0 Å². The molecule has 0 unspecified atom stereocenters. The van der Waals surface area contributed by atoms with Crippen molar-refractivity contribution in [3.63, 3.8) is 0 Å². The van der Waals surface area contributed by atoms with Crippen molar-refractivity contribution in [2.45, 2.75) is 58.6 Å². The van der Waals surface area contributed by atoms with Crippen molar-refractivity contribution in [3.8, 4) is 0 Å². The van der Waals surface area contributed by atoms with E-state index < -0.39 is 24.1 Å². The maximum atomic E-state index is 12.4. The van der Waals surface area contributed by atoms with E-state index in [9.17, 15) is 14.4 Å². The first-order chi connectivity index (χ1) is 12.7. The van der Waals surface area contributed by atoms with Crippen LogP contribution in [0.1, 0.15) is 46.5 Å². The Labute approximate surface area is 166 Å². The molecule has 0 aliphatic rings. The van der Waals surface area contributed by atoms with Crippen molar-refractivity contribution < 1.29 is 24.2 Å². The Kier molecular flexibility index (Phi) is 12.8. The van der Waals surface area contributed by atoms with Gasteiger partial charge in [0.2, 0.25) is 5.91 Å². The second-order valence-electron chi connectivity index (χ2n) is 6.21. The van der Waals surface area contributed by atoms with E-state index in [1.165, 1.54) is 13.0 Å². The van der Waals surface area contributed by atoms with Gasteiger partial charge in [-0.25, -0.2) is 9.59 Å². The largest absolute Gasteiger partial charge is 0.478 e. The molecule has 0 saturated carbocycles. The average Bonchev–Trinajstić information content (AvgIpc) is 2.56. The van der Waals surface area contributed by atoms with Crippen LogP contribution in [0, 0.1) is 0 Å². The first-order valence-electron chi connectivity index (χ1n) is 8.75. The molecular formula is C19H30N2O5S. The van der Waals surface area contributed by atoms with Crippen LogP contribution in [-0.2, 0) is 19.1 Å². The summed E-state index contributed by atoms with van der Waals surface area (Å²) in [5, 5.41) is 15.9. The van der Waals surface area contributed by atoms with E-state index >= 15 is 0 Å². The monoisotopic (exact) mass is 398 g/mol. The SMILES string of the molecule is CN/C(=C\S)CCC[C@@H](NC(C)=O)C(=O)O[C@@H](C)C/C(C)=C/C=C\C(=O)O. The molecular weight excluding hydrogens is 368 g/mol. The number of nitrogens with one attached hydrogen (secondary N) is 2. The fourth-order valence-electron chi connectivity index (χ4n) is 2.38. The third kappa shape index (κ3) is 12.7. The highest BCUT2D eigenvalue weighted by atomic mass is 32.1. The number of thiol groups is 1. The van der Waals surface area contributed by atoms with Crippen LogP contribution in [0.15, 0.2) is 34.9 Å². The fraction of sp³-hybridized carbons (Fsp3) is 0.526. The third-order valence-electron chi connectivity index (χ3n) is 3.62. The lowest BCUT2D eigenvalue weighted by molar-refractivity contribution is -0.152. The molecule has 7 nitrogen and oxygen atoms in total. The topological polar surface area (TPSA) is 105 Å². The predicted octanol–water partition coefficient (Wildman–Crippen LogP) is 2.56. The molecule has 0 aromatic carbocycles. The highest BCUT2D eigenvalue weighted by Gasteiger charge is 2.22. The quantitative estimate of drug-likeness (QED) is 0.174. The molecule has 0 aliphatic heterocycles. The summed E-state index contributed by atoms with van der Waals surface area (Å²) in [4.78, 5) is 34.2. The van der Waals surface area contributed by atoms with Gasteiger partial charge in [-0.1, -0.05) is 17.7 Å². The van der Waals surface area contributed by atoms with E-state index in [4.69, 9.17) is 9.84 Å². The van der Waals surface area contributed by atoms with Gasteiger partial charge >= 0.3 is 11.9 Å². The molecule has 2 atom stereocenters. The van der Waals surface area contributed by atoms with E-state index in [0.717, 1.165) is 17.3 Å². The number of allylic oxidation sites excluding steroid dienone is 3. The Hall–Kier alpha value is -2.22. The van der Waals surface area contributed by atoms with Crippen molar-refractivity contribution in [2.24, 2.45) is 0 Å². The Morgan fingerprint density at radius 3 is 2.44 bits per heavy atom. The number of aliphatic carboxylic acids is 1. The number of rotatable bonds is 12. The molecule has 0 aliphatic carbocycles. The second-order valence-corrected chi connectivity index (χ2v) is 6.47. The van der Waals surface area contributed by atoms with Crippen molar-refractivity contribution in [3.05, 3.63) is 34.9 Å². The van der Waals surface area contributed by atoms with Gasteiger partial charge in [-0.05, 0) is 38.5 Å². The summed E-state index contributed by atoms with van der Waals surface area (Å²) in [7, 11) is 1.80. The number of carboxylic acid groups (broad SMARTS) is 1. The summed E-state index contributed by atoms with van der Waals surface area (Å²) in [5.41, 5.74) is 1.82. The smallest absolute Gasteiger partial charge is 0.328 e. The van der Waals surface area contributed by atoms with Crippen molar-refractivity contribution in [1.29, 1.82) is 0 Å². The summed E-state index contributed by atoms with van der Waals surface area (Å²) in [5.74, 6) is -1.80. The lowest BCUT2D eigenvalue weighted by Gasteiger charge is -2.20. The number of ether oxygens (including phenoxy) is 1. The number of esters is 1. The molecule has 0 saturated heterocycles. The molecule has 0 spiro atoms. The number of carbonyl (C=O) groups excluding carboxylic acids is 2. The summed E-state index contributed by atoms with van der Waals surface area (Å²) >= 11 is 4.10. The molecule has 27 heavy (non-hydrogen) atoms. The number of hydrogen-bond acceptors (Lipinski definition) is 6. The predicted molar refractivity (Wildman–Crippen MR) is 108 cm³/mol. The van der Waals surface area contributed by atoms with E-state index in [2.05, 4.69) is 23.3 Å². The first-order valence-corrected chi connectivity index (χ1v) is 9.26. The van der Waals surface area contributed by atoms with Crippen LogP contribution in [-0.4, -0.2) is 42.1 Å². The normalized spacial score (nSPS) is 14.6. The molecule has 3 N–H and O–H groups in total. The Morgan fingerprint density at radius 2 is 1.93 bits per heavy atom. The number of carboxylic acids is 1. The van der Waals surface area contributed by atoms with Gasteiger partial charge < -0.3 is 20.5 Å². The van der Waals surface area contributed by atoms with Crippen LogP contribution in [0.5, 0.6) is 0 Å². The van der Waals surface area contributed by atoms with Gasteiger partial charge in [0, 0.05) is 32.2 Å².